The molecule has 0 aliphatic heterocycles. The molecule has 0 saturated heterocycles. The van der Waals surface area contributed by atoms with Gasteiger partial charge >= 0.3 is 5.97 Å². The Balaban J connectivity index is 2.16. The maximum absolute atomic E-state index is 12.2. The Morgan fingerprint density at radius 2 is 2.17 bits per heavy atom. The van der Waals surface area contributed by atoms with Gasteiger partial charge in [0, 0.05) is 5.02 Å². The van der Waals surface area contributed by atoms with Crippen molar-refractivity contribution < 1.29 is 14.7 Å². The summed E-state index contributed by atoms with van der Waals surface area (Å²) in [6, 6.07) is 5.95. The summed E-state index contributed by atoms with van der Waals surface area (Å²) in [6.45, 7) is 3.63. The Morgan fingerprint density at radius 3 is 2.78 bits per heavy atom. The molecule has 0 saturated carbocycles. The lowest BCUT2D eigenvalue weighted by Gasteiger charge is -2.19. The lowest BCUT2D eigenvalue weighted by atomic mass is 9.99. The van der Waals surface area contributed by atoms with Gasteiger partial charge in [-0.05, 0) is 24.1 Å². The summed E-state index contributed by atoms with van der Waals surface area (Å²) in [5.41, 5.74) is 0.695. The number of hydrogen-bond donors (Lipinski definition) is 2. The van der Waals surface area contributed by atoms with E-state index in [1.165, 1.54) is 10.9 Å². The van der Waals surface area contributed by atoms with Crippen LogP contribution < -0.4 is 5.32 Å². The average Bonchev–Trinajstić information content (AvgIpc) is 3.01. The molecule has 1 heterocycles. The van der Waals surface area contributed by atoms with Gasteiger partial charge in [-0.2, -0.15) is 0 Å². The summed E-state index contributed by atoms with van der Waals surface area (Å²) in [5.74, 6) is -1.85. The van der Waals surface area contributed by atoms with E-state index in [2.05, 4.69) is 15.6 Å². The van der Waals surface area contributed by atoms with Gasteiger partial charge in [0.15, 0.2) is 5.69 Å². The molecular formula is C15H17ClN4O3. The molecule has 0 radical (unpaired) electrons. The number of carbonyl (C=O) groups is 2. The number of halogens is 1. The lowest BCUT2D eigenvalue weighted by Crippen LogP contribution is -2.45. The monoisotopic (exact) mass is 336 g/mol. The number of carboxylic acid groups (broad SMARTS) is 1. The fourth-order valence-corrected chi connectivity index (χ4v) is 2.20. The van der Waals surface area contributed by atoms with Crippen molar-refractivity contribution in [1.82, 2.24) is 20.3 Å². The average molecular weight is 337 g/mol. The van der Waals surface area contributed by atoms with E-state index in [1.807, 2.05) is 6.92 Å². The lowest BCUT2D eigenvalue weighted by molar-refractivity contribution is -0.140. The van der Waals surface area contributed by atoms with Gasteiger partial charge in [0.05, 0.1) is 11.9 Å². The van der Waals surface area contributed by atoms with Crippen LogP contribution in [0.5, 0.6) is 0 Å². The van der Waals surface area contributed by atoms with Gasteiger partial charge in [0.2, 0.25) is 0 Å². The van der Waals surface area contributed by atoms with Crippen LogP contribution in [-0.2, 0) is 4.79 Å². The fraction of sp³-hybridized carbons (Fsp3) is 0.333. The van der Waals surface area contributed by atoms with Gasteiger partial charge in [-0.1, -0.05) is 43.1 Å². The molecule has 1 aromatic carbocycles. The minimum atomic E-state index is -1.07. The molecule has 1 amide bonds. The van der Waals surface area contributed by atoms with Gasteiger partial charge in [-0.15, -0.1) is 5.10 Å². The van der Waals surface area contributed by atoms with Gasteiger partial charge in [-0.3, -0.25) is 4.79 Å². The van der Waals surface area contributed by atoms with Gasteiger partial charge in [0.1, 0.15) is 6.04 Å². The van der Waals surface area contributed by atoms with Crippen molar-refractivity contribution in [3.05, 3.63) is 41.2 Å². The summed E-state index contributed by atoms with van der Waals surface area (Å²) in [7, 11) is 0. The molecule has 2 aromatic rings. The first kappa shape index (κ1) is 17.0. The number of aliphatic carboxylic acids is 1. The molecule has 0 aliphatic carbocycles. The van der Waals surface area contributed by atoms with Crippen LogP contribution in [0.2, 0.25) is 5.02 Å². The number of nitrogens with zero attached hydrogens (tertiary/aromatic N) is 3. The van der Waals surface area contributed by atoms with Crippen LogP contribution in [-0.4, -0.2) is 38.0 Å². The van der Waals surface area contributed by atoms with Crippen LogP contribution in [0.25, 0.3) is 5.69 Å². The molecule has 0 unspecified atom stereocenters. The molecule has 122 valence electrons. The predicted octanol–water partition coefficient (Wildman–Crippen LogP) is 2.15. The smallest absolute Gasteiger partial charge is 0.326 e. The molecule has 2 N–H and O–H groups in total. The van der Waals surface area contributed by atoms with Crippen LogP contribution in [0, 0.1) is 5.92 Å². The van der Waals surface area contributed by atoms with Crippen LogP contribution in [0.4, 0.5) is 0 Å². The molecule has 7 nitrogen and oxygen atoms in total. The van der Waals surface area contributed by atoms with Crippen molar-refractivity contribution in [3.63, 3.8) is 0 Å². The Morgan fingerprint density at radius 1 is 1.43 bits per heavy atom. The Kier molecular flexibility index (Phi) is 5.33. The highest BCUT2D eigenvalue weighted by Gasteiger charge is 2.26. The van der Waals surface area contributed by atoms with Crippen LogP contribution in [0.15, 0.2) is 30.5 Å². The molecule has 1 aromatic heterocycles. The maximum atomic E-state index is 12.2. The fourth-order valence-electron chi connectivity index (χ4n) is 2.01. The topological polar surface area (TPSA) is 97.1 Å². The number of benzene rings is 1. The van der Waals surface area contributed by atoms with Crippen molar-refractivity contribution in [2.24, 2.45) is 5.92 Å². The van der Waals surface area contributed by atoms with Crippen molar-refractivity contribution in [1.29, 1.82) is 0 Å². The third-order valence-electron chi connectivity index (χ3n) is 3.56. The van der Waals surface area contributed by atoms with Gasteiger partial charge in [0.25, 0.3) is 5.91 Å². The molecule has 0 aliphatic rings. The van der Waals surface area contributed by atoms with E-state index in [1.54, 1.807) is 31.2 Å². The molecular weight excluding hydrogens is 320 g/mol. The van der Waals surface area contributed by atoms with E-state index in [4.69, 9.17) is 11.6 Å². The highest BCUT2D eigenvalue weighted by Crippen LogP contribution is 2.14. The van der Waals surface area contributed by atoms with E-state index in [9.17, 15) is 14.7 Å². The molecule has 2 rings (SSSR count). The normalized spacial score (nSPS) is 13.3. The number of hydrogen-bond acceptors (Lipinski definition) is 4. The van der Waals surface area contributed by atoms with Crippen molar-refractivity contribution in [2.45, 2.75) is 26.3 Å². The van der Waals surface area contributed by atoms with Crippen molar-refractivity contribution >= 4 is 23.5 Å². The Hall–Kier alpha value is -2.41. The predicted molar refractivity (Wildman–Crippen MR) is 84.7 cm³/mol. The van der Waals surface area contributed by atoms with E-state index in [-0.39, 0.29) is 11.6 Å². The Bertz CT molecular complexity index is 716. The van der Waals surface area contributed by atoms with E-state index >= 15 is 0 Å². The number of aromatic nitrogens is 3. The minimum absolute atomic E-state index is 0.0412. The van der Waals surface area contributed by atoms with Crippen molar-refractivity contribution in [3.8, 4) is 5.69 Å². The summed E-state index contributed by atoms with van der Waals surface area (Å²) < 4.78 is 1.40. The van der Waals surface area contributed by atoms with Gasteiger partial charge in [-0.25, -0.2) is 9.48 Å². The first-order valence-corrected chi connectivity index (χ1v) is 7.52. The number of nitrogens with one attached hydrogen (secondary N) is 1. The van der Waals surface area contributed by atoms with Gasteiger partial charge < -0.3 is 10.4 Å². The highest BCUT2D eigenvalue weighted by atomic mass is 35.5. The van der Waals surface area contributed by atoms with Crippen LogP contribution in [0.3, 0.4) is 0 Å². The number of rotatable bonds is 6. The first-order valence-electron chi connectivity index (χ1n) is 7.14. The van der Waals surface area contributed by atoms with E-state index in [0.29, 0.717) is 17.1 Å². The molecule has 0 fully saturated rings. The largest absolute Gasteiger partial charge is 0.480 e. The highest BCUT2D eigenvalue weighted by molar-refractivity contribution is 6.30. The third kappa shape index (κ3) is 4.07. The second-order valence-electron chi connectivity index (χ2n) is 5.20. The SMILES string of the molecule is CC[C@H](C)[C@H](NC(=O)c1cn(-c2cccc(Cl)c2)nn1)C(=O)O. The quantitative estimate of drug-likeness (QED) is 0.842. The van der Waals surface area contributed by atoms with E-state index < -0.39 is 17.9 Å². The zero-order chi connectivity index (χ0) is 17.0. The summed E-state index contributed by atoms with van der Waals surface area (Å²) in [5, 5.41) is 19.9. The number of carbonyl (C=O) groups excluding carboxylic acids is 1. The van der Waals surface area contributed by atoms with Crippen LogP contribution in [0.1, 0.15) is 30.8 Å². The molecule has 0 bridgehead atoms. The zero-order valence-electron chi connectivity index (χ0n) is 12.7. The van der Waals surface area contributed by atoms with Crippen LogP contribution >= 0.6 is 11.6 Å². The maximum Gasteiger partial charge on any atom is 0.326 e. The molecule has 23 heavy (non-hydrogen) atoms. The Labute approximate surface area is 138 Å². The second kappa shape index (κ2) is 7.23. The minimum Gasteiger partial charge on any atom is -0.480 e. The number of carboxylic acids is 1. The van der Waals surface area contributed by atoms with Crippen molar-refractivity contribution in [2.75, 3.05) is 0 Å². The summed E-state index contributed by atoms with van der Waals surface area (Å²) in [4.78, 5) is 23.4. The second-order valence-corrected chi connectivity index (χ2v) is 5.64. The molecule has 8 heteroatoms. The standard InChI is InChI=1S/C15H17ClN4O3/c1-3-9(2)13(15(22)23)17-14(21)12-8-20(19-18-12)11-6-4-5-10(16)7-11/h4-9,13H,3H2,1-2H3,(H,17,21)(H,22,23)/t9-,13-/m0/s1. The molecule has 0 spiro atoms. The molecule has 2 atom stereocenters. The van der Waals surface area contributed by atoms with E-state index in [0.717, 1.165) is 0 Å². The summed E-state index contributed by atoms with van der Waals surface area (Å²) >= 11 is 5.91. The summed E-state index contributed by atoms with van der Waals surface area (Å²) in [6.07, 6.45) is 2.06. The third-order valence-corrected chi connectivity index (χ3v) is 3.80. The zero-order valence-corrected chi connectivity index (χ0v) is 13.5. The number of amides is 1. The first-order chi connectivity index (χ1) is 10.9.